The molecule has 1 fully saturated rings. The second-order valence-corrected chi connectivity index (χ2v) is 6.44. The zero-order valence-corrected chi connectivity index (χ0v) is 19.2. The highest BCUT2D eigenvalue weighted by Crippen LogP contribution is 2.19. The SMILES string of the molecule is CCNC(=NCc1ccccc1OCC)NCC1CCCN1CCOC.I. The molecule has 1 saturated heterocycles. The van der Waals surface area contributed by atoms with Crippen LogP contribution in [0, 0.1) is 0 Å². The number of ether oxygens (including phenoxy) is 2. The quantitative estimate of drug-likeness (QED) is 0.300. The first kappa shape index (κ1) is 24.0. The van der Waals surface area contributed by atoms with Crippen LogP contribution in [0.4, 0.5) is 0 Å². The number of methoxy groups -OCH3 is 1. The predicted octanol–water partition coefficient (Wildman–Crippen LogP) is 2.87. The van der Waals surface area contributed by atoms with Gasteiger partial charge in [0.1, 0.15) is 5.75 Å². The van der Waals surface area contributed by atoms with E-state index in [2.05, 4.69) is 28.5 Å². The lowest BCUT2D eigenvalue weighted by molar-refractivity contribution is 0.141. The summed E-state index contributed by atoms with van der Waals surface area (Å²) in [6, 6.07) is 8.64. The molecule has 1 atom stereocenters. The Bertz CT molecular complexity index is 557. The maximum absolute atomic E-state index is 5.69. The summed E-state index contributed by atoms with van der Waals surface area (Å²) in [5.41, 5.74) is 1.11. The van der Waals surface area contributed by atoms with Gasteiger partial charge in [0.15, 0.2) is 5.96 Å². The molecule has 1 aromatic carbocycles. The standard InChI is InChI=1S/C20H34N4O2.HI/c1-4-21-20(22-15-17-9-6-7-11-19(17)26-5-2)23-16-18-10-8-12-24(18)13-14-25-3;/h6-7,9,11,18H,4-5,8,10,12-16H2,1-3H3,(H2,21,22,23);1H. The molecule has 1 aliphatic rings. The normalized spacial score (nSPS) is 17.4. The first-order chi connectivity index (χ1) is 12.8. The minimum atomic E-state index is 0. The van der Waals surface area contributed by atoms with Gasteiger partial charge < -0.3 is 20.1 Å². The van der Waals surface area contributed by atoms with Crippen molar-refractivity contribution in [3.8, 4) is 5.75 Å². The van der Waals surface area contributed by atoms with E-state index >= 15 is 0 Å². The lowest BCUT2D eigenvalue weighted by atomic mass is 10.2. The Kier molecular flexibility index (Phi) is 12.4. The van der Waals surface area contributed by atoms with Crippen LogP contribution in [0.1, 0.15) is 32.3 Å². The number of aliphatic imine (C=N–C) groups is 1. The number of halogens is 1. The van der Waals surface area contributed by atoms with E-state index in [0.717, 1.165) is 50.1 Å². The highest BCUT2D eigenvalue weighted by Gasteiger charge is 2.23. The molecule has 0 aromatic heterocycles. The second-order valence-electron chi connectivity index (χ2n) is 6.44. The van der Waals surface area contributed by atoms with Crippen molar-refractivity contribution >= 4 is 29.9 Å². The van der Waals surface area contributed by atoms with Crippen molar-refractivity contribution in [3.63, 3.8) is 0 Å². The summed E-state index contributed by atoms with van der Waals surface area (Å²) < 4.78 is 10.9. The van der Waals surface area contributed by atoms with Crippen LogP contribution in [-0.4, -0.2) is 63.4 Å². The summed E-state index contributed by atoms with van der Waals surface area (Å²) in [6.45, 7) is 10.1. The summed E-state index contributed by atoms with van der Waals surface area (Å²) in [5, 5.41) is 6.85. The van der Waals surface area contributed by atoms with Crippen LogP contribution in [0.2, 0.25) is 0 Å². The van der Waals surface area contributed by atoms with Gasteiger partial charge in [0.2, 0.25) is 0 Å². The number of nitrogens with zero attached hydrogens (tertiary/aromatic N) is 2. The molecule has 0 amide bonds. The maximum Gasteiger partial charge on any atom is 0.191 e. The van der Waals surface area contributed by atoms with Crippen LogP contribution < -0.4 is 15.4 Å². The molecular formula is C20H35IN4O2. The Morgan fingerprint density at radius 2 is 2.07 bits per heavy atom. The van der Waals surface area contributed by atoms with E-state index in [1.54, 1.807) is 7.11 Å². The minimum Gasteiger partial charge on any atom is -0.494 e. The summed E-state index contributed by atoms with van der Waals surface area (Å²) in [6.07, 6.45) is 2.48. The van der Waals surface area contributed by atoms with E-state index in [1.807, 2.05) is 25.1 Å². The molecule has 1 heterocycles. The van der Waals surface area contributed by atoms with Gasteiger partial charge in [-0.05, 0) is 39.3 Å². The van der Waals surface area contributed by atoms with Gasteiger partial charge in [-0.2, -0.15) is 0 Å². The topological polar surface area (TPSA) is 58.1 Å². The number of guanidine groups is 1. The molecule has 0 spiro atoms. The summed E-state index contributed by atoms with van der Waals surface area (Å²) in [4.78, 5) is 7.25. The third-order valence-corrected chi connectivity index (χ3v) is 4.61. The molecule has 7 heteroatoms. The molecular weight excluding hydrogens is 455 g/mol. The average Bonchev–Trinajstić information content (AvgIpc) is 3.11. The van der Waals surface area contributed by atoms with Crippen molar-refractivity contribution < 1.29 is 9.47 Å². The molecule has 154 valence electrons. The number of para-hydroxylation sites is 1. The van der Waals surface area contributed by atoms with Crippen LogP contribution in [0.5, 0.6) is 5.75 Å². The summed E-state index contributed by atoms with van der Waals surface area (Å²) in [7, 11) is 1.76. The summed E-state index contributed by atoms with van der Waals surface area (Å²) >= 11 is 0. The monoisotopic (exact) mass is 490 g/mol. The Balaban J connectivity index is 0.00000364. The molecule has 0 saturated carbocycles. The summed E-state index contributed by atoms with van der Waals surface area (Å²) in [5.74, 6) is 1.77. The van der Waals surface area contributed by atoms with Gasteiger partial charge in [-0.1, -0.05) is 18.2 Å². The van der Waals surface area contributed by atoms with E-state index in [-0.39, 0.29) is 24.0 Å². The number of benzene rings is 1. The second kappa shape index (κ2) is 14.0. The van der Waals surface area contributed by atoms with E-state index in [1.165, 1.54) is 12.8 Å². The fraction of sp³-hybridized carbons (Fsp3) is 0.650. The first-order valence-corrected chi connectivity index (χ1v) is 9.74. The first-order valence-electron chi connectivity index (χ1n) is 9.74. The lowest BCUT2D eigenvalue weighted by Gasteiger charge is -2.25. The molecule has 1 aromatic rings. The molecule has 2 rings (SSSR count). The zero-order valence-electron chi connectivity index (χ0n) is 16.9. The molecule has 1 unspecified atom stereocenters. The fourth-order valence-corrected chi connectivity index (χ4v) is 3.28. The van der Waals surface area contributed by atoms with Gasteiger partial charge in [-0.25, -0.2) is 4.99 Å². The van der Waals surface area contributed by atoms with Crippen LogP contribution in [0.15, 0.2) is 29.3 Å². The van der Waals surface area contributed by atoms with Gasteiger partial charge >= 0.3 is 0 Å². The maximum atomic E-state index is 5.69. The molecule has 0 aliphatic carbocycles. The average molecular weight is 490 g/mol. The van der Waals surface area contributed by atoms with E-state index in [9.17, 15) is 0 Å². The van der Waals surface area contributed by atoms with Crippen molar-refractivity contribution in [2.24, 2.45) is 4.99 Å². The molecule has 0 radical (unpaired) electrons. The molecule has 2 N–H and O–H groups in total. The third kappa shape index (κ3) is 8.23. The fourth-order valence-electron chi connectivity index (χ4n) is 3.28. The molecule has 1 aliphatic heterocycles. The lowest BCUT2D eigenvalue weighted by Crippen LogP contribution is -2.45. The van der Waals surface area contributed by atoms with Crippen LogP contribution in [0.3, 0.4) is 0 Å². The molecule has 6 nitrogen and oxygen atoms in total. The number of hydrogen-bond donors (Lipinski definition) is 2. The highest BCUT2D eigenvalue weighted by atomic mass is 127. The van der Waals surface area contributed by atoms with Crippen LogP contribution in [0.25, 0.3) is 0 Å². The number of rotatable bonds is 10. The Labute approximate surface area is 181 Å². The van der Waals surface area contributed by atoms with Crippen molar-refractivity contribution in [1.82, 2.24) is 15.5 Å². The molecule has 27 heavy (non-hydrogen) atoms. The third-order valence-electron chi connectivity index (χ3n) is 4.61. The van der Waals surface area contributed by atoms with Gasteiger partial charge in [-0.15, -0.1) is 24.0 Å². The van der Waals surface area contributed by atoms with E-state index in [4.69, 9.17) is 14.5 Å². The van der Waals surface area contributed by atoms with E-state index in [0.29, 0.717) is 19.2 Å². The van der Waals surface area contributed by atoms with Crippen molar-refractivity contribution in [2.75, 3.05) is 46.5 Å². The predicted molar refractivity (Wildman–Crippen MR) is 122 cm³/mol. The minimum absolute atomic E-state index is 0. The van der Waals surface area contributed by atoms with Gasteiger partial charge in [0, 0.05) is 38.3 Å². The van der Waals surface area contributed by atoms with Gasteiger partial charge in [-0.3, -0.25) is 4.90 Å². The number of hydrogen-bond acceptors (Lipinski definition) is 4. The van der Waals surface area contributed by atoms with Crippen molar-refractivity contribution in [2.45, 2.75) is 39.3 Å². The van der Waals surface area contributed by atoms with Crippen LogP contribution >= 0.6 is 24.0 Å². The van der Waals surface area contributed by atoms with Gasteiger partial charge in [0.25, 0.3) is 0 Å². The zero-order chi connectivity index (χ0) is 18.6. The van der Waals surface area contributed by atoms with Crippen molar-refractivity contribution in [3.05, 3.63) is 29.8 Å². The van der Waals surface area contributed by atoms with Crippen LogP contribution in [-0.2, 0) is 11.3 Å². The number of nitrogens with one attached hydrogen (secondary N) is 2. The largest absolute Gasteiger partial charge is 0.494 e. The van der Waals surface area contributed by atoms with E-state index < -0.39 is 0 Å². The number of likely N-dealkylation sites (tertiary alicyclic amines) is 1. The highest BCUT2D eigenvalue weighted by molar-refractivity contribution is 14.0. The molecule has 0 bridgehead atoms. The Morgan fingerprint density at radius 3 is 2.81 bits per heavy atom. The van der Waals surface area contributed by atoms with Crippen molar-refractivity contribution in [1.29, 1.82) is 0 Å². The Hall–Kier alpha value is -1.06. The van der Waals surface area contributed by atoms with Gasteiger partial charge in [0.05, 0.1) is 19.8 Å². The smallest absolute Gasteiger partial charge is 0.191 e. The Morgan fingerprint density at radius 1 is 1.26 bits per heavy atom.